The standard InChI is InChI=1S/C33H56N10O15S/c1-33(2,12-11-23-39-42-43-40-23)19-26(46)41-59(55,56)18-6-8-24(44)36-22(31(51)52)9-10-25(45)38-28(32(53)54)29(48)35-14-15-57-16-17-58-20-27(47)37-21(30(49)50)7-4-5-13-34-3/h21-22,28,34H,4-20H2,1-3H3,(H,35,48)(H,36,44)(H,37,47)(H,38,45)(H,41,46)(H,49,50)(H,51,52)(H,53,54)(H,39,40,42,43). The van der Waals surface area contributed by atoms with Crippen LogP contribution >= 0.6 is 0 Å². The van der Waals surface area contributed by atoms with Crippen LogP contribution in [0.3, 0.4) is 0 Å². The molecule has 0 spiro atoms. The van der Waals surface area contributed by atoms with E-state index in [9.17, 15) is 62.1 Å². The number of rotatable bonds is 33. The van der Waals surface area contributed by atoms with Crippen LogP contribution in [0.2, 0.25) is 0 Å². The maximum atomic E-state index is 12.4. The zero-order valence-corrected chi connectivity index (χ0v) is 34.1. The lowest BCUT2D eigenvalue weighted by Gasteiger charge is -2.23. The number of aromatic nitrogens is 4. The lowest BCUT2D eigenvalue weighted by Crippen LogP contribution is -2.52. The number of H-pyrrole nitrogens is 1. The SMILES string of the molecule is CNCCCCC(NC(=O)COCCOCCNC(=O)C(NC(=O)CCC(NC(=O)CCCS(=O)(=O)NC(=O)CC(C)(C)CCc1nnn[nH]1)C(=O)O)C(=O)O)C(=O)O. The Balaban J connectivity index is 2.38. The van der Waals surface area contributed by atoms with E-state index >= 15 is 0 Å². The number of tetrazole rings is 1. The second-order valence-electron chi connectivity index (χ2n) is 14.0. The third kappa shape index (κ3) is 24.2. The summed E-state index contributed by atoms with van der Waals surface area (Å²) in [6.07, 6.45) is 0.531. The number of hydrogen-bond donors (Lipinski definition) is 10. The molecule has 0 aliphatic rings. The Hall–Kier alpha value is -5.34. The number of nitrogens with zero attached hydrogens (tertiary/aromatic N) is 3. The molecule has 10 N–H and O–H groups in total. The third-order valence-corrected chi connectivity index (χ3v) is 9.58. The molecule has 0 aromatic carbocycles. The Kier molecular flexibility index (Phi) is 24.0. The number of ether oxygens (including phenoxy) is 2. The topological polar surface area (TPSA) is 376 Å². The predicted octanol–water partition coefficient (Wildman–Crippen LogP) is -3.20. The fourth-order valence-corrected chi connectivity index (χ4v) is 6.14. The average molecular weight is 865 g/mol. The van der Waals surface area contributed by atoms with Crippen molar-refractivity contribution in [3.8, 4) is 0 Å². The first-order valence-corrected chi connectivity index (χ1v) is 20.3. The van der Waals surface area contributed by atoms with Crippen molar-refractivity contribution in [2.24, 2.45) is 5.41 Å². The van der Waals surface area contributed by atoms with Crippen LogP contribution in [0, 0.1) is 5.41 Å². The van der Waals surface area contributed by atoms with Gasteiger partial charge in [-0.3, -0.25) is 28.7 Å². The molecule has 0 radical (unpaired) electrons. The highest BCUT2D eigenvalue weighted by Crippen LogP contribution is 2.26. The van der Waals surface area contributed by atoms with Crippen molar-refractivity contribution in [3.63, 3.8) is 0 Å². The van der Waals surface area contributed by atoms with Crippen molar-refractivity contribution in [1.82, 2.24) is 51.9 Å². The van der Waals surface area contributed by atoms with E-state index in [1.807, 2.05) is 10.0 Å². The first-order chi connectivity index (χ1) is 27.7. The van der Waals surface area contributed by atoms with Crippen LogP contribution in [-0.4, -0.2) is 162 Å². The molecule has 0 fully saturated rings. The van der Waals surface area contributed by atoms with Gasteiger partial charge >= 0.3 is 17.9 Å². The maximum absolute atomic E-state index is 12.4. The summed E-state index contributed by atoms with van der Waals surface area (Å²) in [4.78, 5) is 96.4. The van der Waals surface area contributed by atoms with Gasteiger partial charge in [-0.2, -0.15) is 0 Å². The molecule has 0 saturated carbocycles. The minimum Gasteiger partial charge on any atom is -0.480 e. The van der Waals surface area contributed by atoms with E-state index in [0.717, 1.165) is 6.42 Å². The zero-order chi connectivity index (χ0) is 44.4. The minimum absolute atomic E-state index is 0.0301. The van der Waals surface area contributed by atoms with Crippen LogP contribution in [0.25, 0.3) is 0 Å². The number of aromatic amines is 1. The van der Waals surface area contributed by atoms with Crippen molar-refractivity contribution >= 4 is 57.5 Å². The van der Waals surface area contributed by atoms with Gasteiger partial charge in [-0.05, 0) is 68.0 Å². The van der Waals surface area contributed by atoms with Gasteiger partial charge < -0.3 is 51.4 Å². The number of aryl methyl sites for hydroxylation is 1. The molecule has 1 heterocycles. The number of nitrogens with one attached hydrogen (secondary N) is 7. The normalized spacial score (nSPS) is 13.0. The summed E-state index contributed by atoms with van der Waals surface area (Å²) in [6, 6.07) is -4.72. The highest BCUT2D eigenvalue weighted by Gasteiger charge is 2.30. The van der Waals surface area contributed by atoms with Gasteiger partial charge in [0.25, 0.3) is 5.91 Å². The van der Waals surface area contributed by atoms with Crippen LogP contribution < -0.4 is 31.3 Å². The van der Waals surface area contributed by atoms with Gasteiger partial charge in [-0.25, -0.2) is 27.9 Å². The number of carbonyl (C=O) groups is 8. The van der Waals surface area contributed by atoms with Gasteiger partial charge in [0, 0.05) is 32.2 Å². The molecule has 59 heavy (non-hydrogen) atoms. The zero-order valence-electron chi connectivity index (χ0n) is 33.2. The summed E-state index contributed by atoms with van der Waals surface area (Å²) in [5.74, 6) is -8.90. The molecule has 0 aliphatic heterocycles. The number of sulfonamides is 1. The van der Waals surface area contributed by atoms with Crippen LogP contribution in [-0.2, 0) is 64.3 Å². The van der Waals surface area contributed by atoms with Crippen LogP contribution in [0.5, 0.6) is 0 Å². The summed E-state index contributed by atoms with van der Waals surface area (Å²) in [6.45, 7) is 3.45. The summed E-state index contributed by atoms with van der Waals surface area (Å²) >= 11 is 0. The second-order valence-corrected chi connectivity index (χ2v) is 15.8. The minimum atomic E-state index is -4.13. The fourth-order valence-electron chi connectivity index (χ4n) is 5.10. The molecule has 0 bridgehead atoms. The maximum Gasteiger partial charge on any atom is 0.336 e. The Morgan fingerprint density at radius 3 is 2.03 bits per heavy atom. The molecule has 26 heteroatoms. The van der Waals surface area contributed by atoms with Crippen LogP contribution in [0.4, 0.5) is 0 Å². The number of amides is 5. The van der Waals surface area contributed by atoms with Gasteiger partial charge in [0.2, 0.25) is 39.7 Å². The van der Waals surface area contributed by atoms with Crippen molar-refractivity contribution in [2.45, 2.75) is 96.2 Å². The smallest absolute Gasteiger partial charge is 0.336 e. The van der Waals surface area contributed by atoms with E-state index in [1.165, 1.54) is 0 Å². The van der Waals surface area contributed by atoms with Gasteiger partial charge in [-0.15, -0.1) is 5.10 Å². The summed E-state index contributed by atoms with van der Waals surface area (Å²) in [7, 11) is -2.36. The van der Waals surface area contributed by atoms with E-state index in [4.69, 9.17) is 9.47 Å². The number of carboxylic acids is 3. The number of carboxylic acid groups (broad SMARTS) is 3. The van der Waals surface area contributed by atoms with E-state index in [2.05, 4.69) is 41.9 Å². The van der Waals surface area contributed by atoms with E-state index in [0.29, 0.717) is 31.6 Å². The molecular weight excluding hydrogens is 808 g/mol. The molecule has 3 atom stereocenters. The third-order valence-electron chi connectivity index (χ3n) is 8.21. The highest BCUT2D eigenvalue weighted by atomic mass is 32.2. The lowest BCUT2D eigenvalue weighted by molar-refractivity contribution is -0.147. The molecule has 1 rings (SSSR count). The van der Waals surface area contributed by atoms with Gasteiger partial charge in [-0.1, -0.05) is 13.8 Å². The molecule has 0 aliphatic carbocycles. The largest absolute Gasteiger partial charge is 0.480 e. The molecule has 1 aromatic rings. The van der Waals surface area contributed by atoms with Crippen molar-refractivity contribution in [1.29, 1.82) is 0 Å². The van der Waals surface area contributed by atoms with E-state index in [-0.39, 0.29) is 45.6 Å². The molecule has 0 saturated heterocycles. The van der Waals surface area contributed by atoms with E-state index < -0.39 is 113 Å². The molecule has 1 aromatic heterocycles. The predicted molar refractivity (Wildman–Crippen MR) is 202 cm³/mol. The molecule has 5 amide bonds. The lowest BCUT2D eigenvalue weighted by atomic mass is 9.84. The Morgan fingerprint density at radius 1 is 0.763 bits per heavy atom. The van der Waals surface area contributed by atoms with Crippen LogP contribution in [0.15, 0.2) is 0 Å². The second kappa shape index (κ2) is 27.4. The summed E-state index contributed by atoms with van der Waals surface area (Å²) in [5.41, 5.74) is -0.599. The summed E-state index contributed by atoms with van der Waals surface area (Å²) in [5, 5.41) is 53.2. The van der Waals surface area contributed by atoms with Gasteiger partial charge in [0.15, 0.2) is 0 Å². The molecule has 3 unspecified atom stereocenters. The Morgan fingerprint density at radius 2 is 1.41 bits per heavy atom. The van der Waals surface area contributed by atoms with Gasteiger partial charge in [0.05, 0.1) is 25.6 Å². The van der Waals surface area contributed by atoms with Gasteiger partial charge in [0.1, 0.15) is 24.5 Å². The average Bonchev–Trinajstić information content (AvgIpc) is 3.67. The monoisotopic (exact) mass is 864 g/mol. The number of unbranched alkanes of at least 4 members (excludes halogenated alkanes) is 1. The molecular formula is C33H56N10O15S. The first kappa shape index (κ1) is 51.7. The molecule has 25 nitrogen and oxygen atoms in total. The van der Waals surface area contributed by atoms with Crippen molar-refractivity contribution in [3.05, 3.63) is 5.82 Å². The van der Waals surface area contributed by atoms with Crippen LogP contribution in [0.1, 0.15) is 77.5 Å². The van der Waals surface area contributed by atoms with Crippen molar-refractivity contribution < 1.29 is 71.6 Å². The van der Waals surface area contributed by atoms with Crippen molar-refractivity contribution in [2.75, 3.05) is 52.3 Å². The number of carbonyl (C=O) groups excluding carboxylic acids is 5. The Labute approximate surface area is 340 Å². The van der Waals surface area contributed by atoms with E-state index in [1.54, 1.807) is 20.9 Å². The Bertz CT molecular complexity index is 1640. The summed E-state index contributed by atoms with van der Waals surface area (Å²) < 4.78 is 37.2. The molecule has 334 valence electrons. The fraction of sp³-hybridized carbons (Fsp3) is 0.727. The number of hydrogen-bond acceptors (Lipinski definition) is 16. The highest BCUT2D eigenvalue weighted by molar-refractivity contribution is 7.90. The number of aliphatic carboxylic acids is 3. The first-order valence-electron chi connectivity index (χ1n) is 18.7. The quantitative estimate of drug-likeness (QED) is 0.0246.